The Morgan fingerprint density at radius 1 is 1.50 bits per heavy atom. The molecular weight excluding hydrogens is 180 g/mol. The number of aliphatic hydroxyl groups excluding tert-OH is 1. The smallest absolute Gasteiger partial charge is 0.274 e. The summed E-state index contributed by atoms with van der Waals surface area (Å²) in [5.41, 5.74) is 5.57. The number of nitrogens with zero attached hydrogens (tertiary/aromatic N) is 1. The zero-order valence-corrected chi connectivity index (χ0v) is 7.89. The number of rotatable bonds is 1. The van der Waals surface area contributed by atoms with Gasteiger partial charge in [-0.05, 0) is 31.4 Å². The van der Waals surface area contributed by atoms with Crippen LogP contribution in [0, 0.1) is 0 Å². The Morgan fingerprint density at radius 3 is 2.93 bits per heavy atom. The second kappa shape index (κ2) is 3.46. The number of pyridine rings is 1. The van der Waals surface area contributed by atoms with Crippen molar-refractivity contribution < 1.29 is 5.11 Å². The van der Waals surface area contributed by atoms with Crippen molar-refractivity contribution in [3.63, 3.8) is 0 Å². The van der Waals surface area contributed by atoms with Gasteiger partial charge in [0.2, 0.25) is 0 Å². The fraction of sp³-hybridized carbons (Fsp3) is 0.500. The number of nitrogen functional groups attached to an aromatic ring is 1. The molecule has 3 N–H and O–H groups in total. The molecule has 1 aromatic rings. The van der Waals surface area contributed by atoms with E-state index in [0.29, 0.717) is 0 Å². The van der Waals surface area contributed by atoms with E-state index in [1.54, 1.807) is 22.9 Å². The number of aliphatic hydroxyl groups is 1. The summed E-state index contributed by atoms with van der Waals surface area (Å²) in [6.45, 7) is 0. The molecule has 1 fully saturated rings. The van der Waals surface area contributed by atoms with Gasteiger partial charge in [0.1, 0.15) is 0 Å². The minimum absolute atomic E-state index is 0.0917. The van der Waals surface area contributed by atoms with E-state index in [1.807, 2.05) is 0 Å². The van der Waals surface area contributed by atoms with Gasteiger partial charge in [0.05, 0.1) is 17.8 Å². The van der Waals surface area contributed by atoms with Crippen LogP contribution in [-0.4, -0.2) is 15.8 Å². The standard InChI is InChI=1S/C10H14N2O2/c11-7-3-2-6-12(10(7)14)8-4-1-5-9(8)13/h2-3,6,8-9,13H,1,4-5,11H2/t8-,9+/m1/s1. The zero-order valence-electron chi connectivity index (χ0n) is 7.89. The molecule has 0 unspecified atom stereocenters. The first-order chi connectivity index (χ1) is 6.70. The average molecular weight is 194 g/mol. The Bertz CT molecular complexity index is 386. The Morgan fingerprint density at radius 2 is 2.29 bits per heavy atom. The molecule has 0 bridgehead atoms. The molecular formula is C10H14N2O2. The third-order valence-electron chi connectivity index (χ3n) is 2.81. The number of nitrogens with two attached hydrogens (primary N) is 1. The zero-order chi connectivity index (χ0) is 10.1. The van der Waals surface area contributed by atoms with E-state index in [0.717, 1.165) is 19.3 Å². The van der Waals surface area contributed by atoms with Gasteiger partial charge in [-0.1, -0.05) is 0 Å². The minimum Gasteiger partial charge on any atom is -0.394 e. The second-order valence-electron chi connectivity index (χ2n) is 3.74. The summed E-state index contributed by atoms with van der Waals surface area (Å²) in [5.74, 6) is 0. The van der Waals surface area contributed by atoms with Gasteiger partial charge in [0, 0.05) is 6.20 Å². The molecule has 4 nitrogen and oxygen atoms in total. The first-order valence-corrected chi connectivity index (χ1v) is 4.85. The van der Waals surface area contributed by atoms with Gasteiger partial charge in [0.25, 0.3) is 5.56 Å². The van der Waals surface area contributed by atoms with Crippen molar-refractivity contribution in [1.29, 1.82) is 0 Å². The number of anilines is 1. The van der Waals surface area contributed by atoms with Crippen LogP contribution in [0.4, 0.5) is 5.69 Å². The maximum atomic E-state index is 11.6. The summed E-state index contributed by atoms with van der Waals surface area (Å²) in [7, 11) is 0. The van der Waals surface area contributed by atoms with Crippen molar-refractivity contribution in [2.45, 2.75) is 31.4 Å². The van der Waals surface area contributed by atoms with Crippen LogP contribution in [0.3, 0.4) is 0 Å². The fourth-order valence-electron chi connectivity index (χ4n) is 2.03. The van der Waals surface area contributed by atoms with Crippen molar-refractivity contribution in [3.8, 4) is 0 Å². The van der Waals surface area contributed by atoms with Crippen molar-refractivity contribution in [3.05, 3.63) is 28.7 Å². The lowest BCUT2D eigenvalue weighted by molar-refractivity contribution is 0.135. The van der Waals surface area contributed by atoms with Crippen molar-refractivity contribution in [2.24, 2.45) is 0 Å². The molecule has 0 amide bonds. The summed E-state index contributed by atoms with van der Waals surface area (Å²) in [5, 5.41) is 9.66. The molecule has 2 atom stereocenters. The van der Waals surface area contributed by atoms with E-state index in [4.69, 9.17) is 5.73 Å². The van der Waals surface area contributed by atoms with Crippen LogP contribution < -0.4 is 11.3 Å². The van der Waals surface area contributed by atoms with E-state index in [9.17, 15) is 9.90 Å². The molecule has 1 aromatic heterocycles. The molecule has 76 valence electrons. The molecule has 0 radical (unpaired) electrons. The fourth-order valence-corrected chi connectivity index (χ4v) is 2.03. The highest BCUT2D eigenvalue weighted by atomic mass is 16.3. The maximum absolute atomic E-state index is 11.6. The van der Waals surface area contributed by atoms with Crippen LogP contribution in [0.25, 0.3) is 0 Å². The highest BCUT2D eigenvalue weighted by molar-refractivity contribution is 5.33. The van der Waals surface area contributed by atoms with E-state index in [1.165, 1.54) is 0 Å². The van der Waals surface area contributed by atoms with Crippen LogP contribution in [-0.2, 0) is 0 Å². The van der Waals surface area contributed by atoms with E-state index in [2.05, 4.69) is 0 Å². The Balaban J connectivity index is 2.41. The predicted molar refractivity (Wildman–Crippen MR) is 54.0 cm³/mol. The van der Waals surface area contributed by atoms with Crippen LogP contribution >= 0.6 is 0 Å². The SMILES string of the molecule is Nc1cccn([C@@H]2CCC[C@@H]2O)c1=O. The van der Waals surface area contributed by atoms with Gasteiger partial charge in [0.15, 0.2) is 0 Å². The Hall–Kier alpha value is -1.29. The third kappa shape index (κ3) is 1.42. The van der Waals surface area contributed by atoms with Gasteiger partial charge in [-0.2, -0.15) is 0 Å². The van der Waals surface area contributed by atoms with Crippen LogP contribution in [0.15, 0.2) is 23.1 Å². The van der Waals surface area contributed by atoms with Gasteiger partial charge < -0.3 is 15.4 Å². The normalized spacial score (nSPS) is 26.6. The first-order valence-electron chi connectivity index (χ1n) is 4.85. The topological polar surface area (TPSA) is 68.2 Å². The molecule has 4 heteroatoms. The van der Waals surface area contributed by atoms with Crippen molar-refractivity contribution >= 4 is 5.69 Å². The molecule has 14 heavy (non-hydrogen) atoms. The maximum Gasteiger partial charge on any atom is 0.274 e. The van der Waals surface area contributed by atoms with Crippen LogP contribution in [0.2, 0.25) is 0 Å². The molecule has 2 rings (SSSR count). The van der Waals surface area contributed by atoms with E-state index < -0.39 is 6.10 Å². The molecule has 1 aliphatic rings. The van der Waals surface area contributed by atoms with Crippen LogP contribution in [0.5, 0.6) is 0 Å². The molecule has 0 aliphatic heterocycles. The third-order valence-corrected chi connectivity index (χ3v) is 2.81. The van der Waals surface area contributed by atoms with E-state index >= 15 is 0 Å². The highest BCUT2D eigenvalue weighted by Crippen LogP contribution is 2.28. The number of hydrogen-bond acceptors (Lipinski definition) is 3. The quantitative estimate of drug-likeness (QED) is 0.684. The summed E-state index contributed by atoms with van der Waals surface area (Å²) >= 11 is 0. The molecule has 1 aliphatic carbocycles. The summed E-state index contributed by atoms with van der Waals surface area (Å²) in [6, 6.07) is 3.23. The Labute approximate surface area is 82.0 Å². The summed E-state index contributed by atoms with van der Waals surface area (Å²) in [6.07, 6.45) is 3.87. The van der Waals surface area contributed by atoms with Crippen molar-refractivity contribution in [2.75, 3.05) is 5.73 Å². The van der Waals surface area contributed by atoms with Gasteiger partial charge in [-0.15, -0.1) is 0 Å². The monoisotopic (exact) mass is 194 g/mol. The Kier molecular flexibility index (Phi) is 2.29. The molecule has 0 spiro atoms. The lowest BCUT2D eigenvalue weighted by Crippen LogP contribution is -2.30. The summed E-state index contributed by atoms with van der Waals surface area (Å²) in [4.78, 5) is 11.6. The van der Waals surface area contributed by atoms with Crippen molar-refractivity contribution in [1.82, 2.24) is 4.57 Å². The predicted octanol–water partition coefficient (Wildman–Crippen LogP) is 0.516. The van der Waals surface area contributed by atoms with Gasteiger partial charge >= 0.3 is 0 Å². The number of hydrogen-bond donors (Lipinski definition) is 2. The number of aromatic nitrogens is 1. The average Bonchev–Trinajstić information content (AvgIpc) is 2.57. The van der Waals surface area contributed by atoms with Crippen LogP contribution in [0.1, 0.15) is 25.3 Å². The van der Waals surface area contributed by atoms with Gasteiger partial charge in [-0.3, -0.25) is 4.79 Å². The molecule has 1 saturated carbocycles. The molecule has 0 saturated heterocycles. The lowest BCUT2D eigenvalue weighted by atomic mass is 10.2. The van der Waals surface area contributed by atoms with Gasteiger partial charge in [-0.25, -0.2) is 0 Å². The largest absolute Gasteiger partial charge is 0.394 e. The first kappa shape index (κ1) is 9.27. The van der Waals surface area contributed by atoms with E-state index in [-0.39, 0.29) is 17.3 Å². The second-order valence-corrected chi connectivity index (χ2v) is 3.74. The minimum atomic E-state index is -0.408. The summed E-state index contributed by atoms with van der Waals surface area (Å²) < 4.78 is 1.55. The molecule has 1 heterocycles. The highest BCUT2D eigenvalue weighted by Gasteiger charge is 2.27. The lowest BCUT2D eigenvalue weighted by Gasteiger charge is -2.17. The molecule has 0 aromatic carbocycles.